The van der Waals surface area contributed by atoms with Gasteiger partial charge in [-0.3, -0.25) is 0 Å². The first-order chi connectivity index (χ1) is 9.69. The van der Waals surface area contributed by atoms with Crippen LogP contribution < -0.4 is 5.32 Å². The second-order valence-electron chi connectivity index (χ2n) is 5.86. The summed E-state index contributed by atoms with van der Waals surface area (Å²) in [6, 6.07) is 5.00. The van der Waals surface area contributed by atoms with Crippen LogP contribution in [-0.2, 0) is 0 Å². The van der Waals surface area contributed by atoms with Crippen molar-refractivity contribution in [3.63, 3.8) is 0 Å². The Hall–Kier alpha value is -1.35. The molecule has 20 heavy (non-hydrogen) atoms. The zero-order valence-corrected chi connectivity index (χ0v) is 12.2. The van der Waals surface area contributed by atoms with Gasteiger partial charge in [0.25, 0.3) is 0 Å². The van der Waals surface area contributed by atoms with Gasteiger partial charge in [-0.25, -0.2) is 4.39 Å². The molecule has 1 aliphatic rings. The third-order valence-corrected chi connectivity index (χ3v) is 4.26. The molecule has 1 heterocycles. The van der Waals surface area contributed by atoms with Gasteiger partial charge in [-0.2, -0.15) is 0 Å². The molecule has 2 nitrogen and oxygen atoms in total. The largest absolute Gasteiger partial charge is 0.459 e. The van der Waals surface area contributed by atoms with E-state index in [9.17, 15) is 4.39 Å². The van der Waals surface area contributed by atoms with Gasteiger partial charge in [-0.05, 0) is 50.4 Å². The molecule has 0 spiro atoms. The highest BCUT2D eigenvalue weighted by Crippen LogP contribution is 2.38. The molecule has 1 N–H and O–H groups in total. The van der Waals surface area contributed by atoms with Crippen LogP contribution in [0.25, 0.3) is 11.0 Å². The summed E-state index contributed by atoms with van der Waals surface area (Å²) in [6.07, 6.45) is 5.11. The Balaban J connectivity index is 1.89. The van der Waals surface area contributed by atoms with Crippen LogP contribution in [0, 0.1) is 18.7 Å². The maximum Gasteiger partial charge on any atom is 0.134 e. The predicted molar refractivity (Wildman–Crippen MR) is 79.3 cm³/mol. The number of furan rings is 1. The average molecular weight is 275 g/mol. The fourth-order valence-electron chi connectivity index (χ4n) is 2.93. The molecule has 1 aromatic heterocycles. The van der Waals surface area contributed by atoms with Gasteiger partial charge in [0.1, 0.15) is 17.2 Å². The summed E-state index contributed by atoms with van der Waals surface area (Å²) in [5, 5.41) is 4.41. The topological polar surface area (TPSA) is 25.2 Å². The molecular weight excluding hydrogens is 253 g/mol. The van der Waals surface area contributed by atoms with Gasteiger partial charge >= 0.3 is 0 Å². The van der Waals surface area contributed by atoms with E-state index in [1.165, 1.54) is 25.3 Å². The lowest BCUT2D eigenvalue weighted by atomic mass is 10.0. The smallest absolute Gasteiger partial charge is 0.134 e. The Morgan fingerprint density at radius 1 is 1.40 bits per heavy atom. The van der Waals surface area contributed by atoms with Gasteiger partial charge < -0.3 is 9.73 Å². The fraction of sp³-hybridized carbons (Fsp3) is 0.529. The molecule has 0 bridgehead atoms. The first kappa shape index (κ1) is 13.6. The molecule has 1 saturated carbocycles. The maximum atomic E-state index is 13.4. The van der Waals surface area contributed by atoms with Gasteiger partial charge in [0.05, 0.1) is 6.04 Å². The zero-order chi connectivity index (χ0) is 14.1. The van der Waals surface area contributed by atoms with Gasteiger partial charge in [0, 0.05) is 10.9 Å². The molecule has 1 unspecified atom stereocenters. The minimum absolute atomic E-state index is 0.203. The molecule has 0 saturated heterocycles. The zero-order valence-electron chi connectivity index (χ0n) is 12.2. The molecule has 1 atom stereocenters. The van der Waals surface area contributed by atoms with E-state index in [1.807, 2.05) is 6.92 Å². The first-order valence-corrected chi connectivity index (χ1v) is 7.61. The molecule has 1 aliphatic carbocycles. The Bertz CT molecular complexity index is 600. The molecule has 0 amide bonds. The van der Waals surface area contributed by atoms with E-state index in [0.29, 0.717) is 0 Å². The normalized spacial score (nSPS) is 16.8. The molecule has 1 fully saturated rings. The highest BCUT2D eigenvalue weighted by molar-refractivity contribution is 5.82. The maximum absolute atomic E-state index is 13.4. The number of aryl methyl sites for hydroxylation is 1. The minimum Gasteiger partial charge on any atom is -0.459 e. The van der Waals surface area contributed by atoms with E-state index in [-0.39, 0.29) is 11.9 Å². The van der Waals surface area contributed by atoms with Crippen molar-refractivity contribution in [3.05, 3.63) is 35.3 Å². The van der Waals surface area contributed by atoms with E-state index in [1.54, 1.807) is 12.1 Å². The summed E-state index contributed by atoms with van der Waals surface area (Å²) >= 11 is 0. The molecule has 108 valence electrons. The minimum atomic E-state index is -0.203. The number of nitrogens with one attached hydrogen (secondary N) is 1. The Kier molecular flexibility index (Phi) is 3.79. The van der Waals surface area contributed by atoms with Crippen LogP contribution in [0.1, 0.15) is 50.0 Å². The summed E-state index contributed by atoms with van der Waals surface area (Å²) in [4.78, 5) is 0. The number of hydrogen-bond acceptors (Lipinski definition) is 2. The summed E-state index contributed by atoms with van der Waals surface area (Å²) in [7, 11) is 0. The summed E-state index contributed by atoms with van der Waals surface area (Å²) in [5.74, 6) is 1.69. The third kappa shape index (κ3) is 2.73. The highest BCUT2D eigenvalue weighted by Gasteiger charge is 2.25. The van der Waals surface area contributed by atoms with Crippen molar-refractivity contribution in [1.29, 1.82) is 0 Å². The van der Waals surface area contributed by atoms with Crippen LogP contribution in [0.2, 0.25) is 0 Å². The molecule has 2 aromatic rings. The number of halogens is 1. The van der Waals surface area contributed by atoms with E-state index in [2.05, 4.69) is 12.2 Å². The number of rotatable bonds is 6. The summed E-state index contributed by atoms with van der Waals surface area (Å²) in [6.45, 7) is 5.06. The molecule has 3 heteroatoms. The first-order valence-electron chi connectivity index (χ1n) is 7.61. The lowest BCUT2D eigenvalue weighted by Crippen LogP contribution is -2.21. The standard InChI is InChI=1S/C17H22FNO/c1-3-19-15(8-6-12-4-5-12)17-11(2)14-10-13(18)7-9-16(14)20-17/h7,9-10,12,15,19H,3-6,8H2,1-2H3. The van der Waals surface area contributed by atoms with Crippen molar-refractivity contribution >= 4 is 11.0 Å². The quantitative estimate of drug-likeness (QED) is 0.825. The molecule has 3 rings (SSSR count). The SMILES string of the molecule is CCNC(CCC1CC1)c1oc2ccc(F)cc2c1C. The second kappa shape index (κ2) is 5.57. The van der Waals surface area contributed by atoms with Crippen LogP contribution in [0.5, 0.6) is 0 Å². The molecule has 1 aromatic carbocycles. The van der Waals surface area contributed by atoms with Gasteiger partial charge in [-0.15, -0.1) is 0 Å². The van der Waals surface area contributed by atoms with E-state index >= 15 is 0 Å². The van der Waals surface area contributed by atoms with Crippen molar-refractivity contribution in [3.8, 4) is 0 Å². The van der Waals surface area contributed by atoms with Crippen molar-refractivity contribution in [2.24, 2.45) is 5.92 Å². The van der Waals surface area contributed by atoms with Crippen LogP contribution in [-0.4, -0.2) is 6.54 Å². The van der Waals surface area contributed by atoms with E-state index in [0.717, 1.165) is 41.2 Å². The summed E-state index contributed by atoms with van der Waals surface area (Å²) in [5.41, 5.74) is 1.86. The van der Waals surface area contributed by atoms with Gasteiger partial charge in [0.2, 0.25) is 0 Å². The predicted octanol–water partition coefficient (Wildman–Crippen LogP) is 4.72. The monoisotopic (exact) mass is 275 g/mol. The van der Waals surface area contributed by atoms with Crippen LogP contribution in [0.3, 0.4) is 0 Å². The van der Waals surface area contributed by atoms with E-state index in [4.69, 9.17) is 4.42 Å². The van der Waals surface area contributed by atoms with Crippen molar-refractivity contribution in [2.75, 3.05) is 6.54 Å². The lowest BCUT2D eigenvalue weighted by Gasteiger charge is -2.16. The molecule has 0 aliphatic heterocycles. The van der Waals surface area contributed by atoms with Crippen LogP contribution in [0.4, 0.5) is 4.39 Å². The van der Waals surface area contributed by atoms with Crippen molar-refractivity contribution in [1.82, 2.24) is 5.32 Å². The Labute approximate surface area is 119 Å². The number of benzene rings is 1. The highest BCUT2D eigenvalue weighted by atomic mass is 19.1. The second-order valence-corrected chi connectivity index (χ2v) is 5.86. The third-order valence-electron chi connectivity index (χ3n) is 4.26. The Morgan fingerprint density at radius 3 is 2.90 bits per heavy atom. The lowest BCUT2D eigenvalue weighted by molar-refractivity contribution is 0.399. The van der Waals surface area contributed by atoms with Crippen molar-refractivity contribution in [2.45, 2.75) is 45.6 Å². The van der Waals surface area contributed by atoms with Crippen LogP contribution >= 0.6 is 0 Å². The molecule has 0 radical (unpaired) electrons. The van der Waals surface area contributed by atoms with Crippen molar-refractivity contribution < 1.29 is 8.81 Å². The van der Waals surface area contributed by atoms with Crippen LogP contribution in [0.15, 0.2) is 22.6 Å². The number of hydrogen-bond donors (Lipinski definition) is 1. The molecular formula is C17H22FNO. The van der Waals surface area contributed by atoms with Gasteiger partial charge in [0.15, 0.2) is 0 Å². The summed E-state index contributed by atoms with van der Waals surface area (Å²) < 4.78 is 19.4. The Morgan fingerprint density at radius 2 is 2.20 bits per heavy atom. The number of fused-ring (bicyclic) bond motifs is 1. The van der Waals surface area contributed by atoms with Gasteiger partial charge in [-0.1, -0.05) is 19.8 Å². The average Bonchev–Trinajstić information content (AvgIpc) is 3.21. The fourth-order valence-corrected chi connectivity index (χ4v) is 2.93. The van der Waals surface area contributed by atoms with E-state index < -0.39 is 0 Å².